The summed E-state index contributed by atoms with van der Waals surface area (Å²) >= 11 is 3.53. The van der Waals surface area contributed by atoms with E-state index in [1.165, 1.54) is 0 Å². The minimum absolute atomic E-state index is 0.555. The summed E-state index contributed by atoms with van der Waals surface area (Å²) in [5.41, 5.74) is 3.25. The largest absolute Gasteiger partial charge is 0.495 e. The van der Waals surface area contributed by atoms with Gasteiger partial charge in [-0.1, -0.05) is 54.6 Å². The summed E-state index contributed by atoms with van der Waals surface area (Å²) in [6, 6.07) is 24.2. The number of methoxy groups -OCH3 is 1. The number of halogens is 1. The van der Waals surface area contributed by atoms with Crippen LogP contribution >= 0.6 is 15.9 Å². The maximum Gasteiger partial charge on any atom is 0.140 e. The molecule has 3 aromatic carbocycles. The van der Waals surface area contributed by atoms with E-state index in [2.05, 4.69) is 34.1 Å². The molecular formula is C20H17BrO2. The molecule has 0 aliphatic carbocycles. The Kier molecular flexibility index (Phi) is 4.99. The Morgan fingerprint density at radius 2 is 1.65 bits per heavy atom. The molecule has 0 amide bonds. The molecule has 0 unspecified atom stereocenters. The first-order valence-electron chi connectivity index (χ1n) is 7.37. The van der Waals surface area contributed by atoms with Gasteiger partial charge in [-0.15, -0.1) is 0 Å². The van der Waals surface area contributed by atoms with Gasteiger partial charge in [-0.2, -0.15) is 0 Å². The quantitative estimate of drug-likeness (QED) is 0.574. The van der Waals surface area contributed by atoms with Crippen LogP contribution in [0.3, 0.4) is 0 Å². The highest BCUT2D eigenvalue weighted by atomic mass is 79.9. The lowest BCUT2D eigenvalue weighted by Crippen LogP contribution is -1.95. The average molecular weight is 369 g/mol. The van der Waals surface area contributed by atoms with E-state index in [0.29, 0.717) is 6.61 Å². The van der Waals surface area contributed by atoms with Gasteiger partial charge in [-0.25, -0.2) is 0 Å². The van der Waals surface area contributed by atoms with Crippen molar-refractivity contribution < 1.29 is 9.47 Å². The number of benzene rings is 3. The summed E-state index contributed by atoms with van der Waals surface area (Å²) in [5.74, 6) is 1.67. The normalized spacial score (nSPS) is 10.3. The Balaban J connectivity index is 1.84. The molecule has 0 radical (unpaired) electrons. The number of rotatable bonds is 5. The van der Waals surface area contributed by atoms with Crippen LogP contribution in [0.1, 0.15) is 5.56 Å². The van der Waals surface area contributed by atoms with Crippen LogP contribution in [0.15, 0.2) is 77.3 Å². The summed E-state index contributed by atoms with van der Waals surface area (Å²) in [4.78, 5) is 0. The highest BCUT2D eigenvalue weighted by Crippen LogP contribution is 2.37. The Hall–Kier alpha value is -2.26. The van der Waals surface area contributed by atoms with Gasteiger partial charge in [-0.3, -0.25) is 0 Å². The first kappa shape index (κ1) is 15.6. The van der Waals surface area contributed by atoms with Crippen LogP contribution in [-0.4, -0.2) is 7.11 Å². The summed E-state index contributed by atoms with van der Waals surface area (Å²) in [6.45, 7) is 0.555. The summed E-state index contributed by atoms with van der Waals surface area (Å²) < 4.78 is 12.4. The van der Waals surface area contributed by atoms with Gasteiger partial charge in [0.15, 0.2) is 0 Å². The van der Waals surface area contributed by atoms with E-state index < -0.39 is 0 Å². The first-order chi connectivity index (χ1) is 11.3. The van der Waals surface area contributed by atoms with Gasteiger partial charge in [-0.05, 0) is 45.3 Å². The molecule has 0 aliphatic rings. The van der Waals surface area contributed by atoms with Gasteiger partial charge < -0.3 is 9.47 Å². The fourth-order valence-corrected chi connectivity index (χ4v) is 2.97. The SMILES string of the molecule is COc1c(Br)cccc1-c1cccc(OCc2ccccc2)c1. The van der Waals surface area contributed by atoms with Gasteiger partial charge >= 0.3 is 0 Å². The topological polar surface area (TPSA) is 18.5 Å². The zero-order valence-electron chi connectivity index (χ0n) is 12.8. The number of ether oxygens (including phenoxy) is 2. The monoisotopic (exact) mass is 368 g/mol. The van der Waals surface area contributed by atoms with Gasteiger partial charge in [0.05, 0.1) is 11.6 Å². The van der Waals surface area contributed by atoms with Crippen molar-refractivity contribution in [2.45, 2.75) is 6.61 Å². The fourth-order valence-electron chi connectivity index (χ4n) is 2.44. The summed E-state index contributed by atoms with van der Waals surface area (Å²) in [6.07, 6.45) is 0. The second kappa shape index (κ2) is 7.34. The molecule has 0 saturated carbocycles. The second-order valence-corrected chi connectivity index (χ2v) is 5.98. The average Bonchev–Trinajstić information content (AvgIpc) is 2.61. The van der Waals surface area contributed by atoms with Crippen molar-refractivity contribution >= 4 is 15.9 Å². The molecule has 0 fully saturated rings. The molecule has 23 heavy (non-hydrogen) atoms. The van der Waals surface area contributed by atoms with Crippen molar-refractivity contribution in [1.29, 1.82) is 0 Å². The van der Waals surface area contributed by atoms with Crippen LogP contribution in [0.25, 0.3) is 11.1 Å². The lowest BCUT2D eigenvalue weighted by Gasteiger charge is -2.12. The fraction of sp³-hybridized carbons (Fsp3) is 0.100. The lowest BCUT2D eigenvalue weighted by atomic mass is 10.0. The van der Waals surface area contributed by atoms with E-state index in [9.17, 15) is 0 Å². The molecule has 0 bridgehead atoms. The van der Waals surface area contributed by atoms with Crippen molar-refractivity contribution in [3.8, 4) is 22.6 Å². The number of para-hydroxylation sites is 1. The van der Waals surface area contributed by atoms with Crippen LogP contribution in [0.5, 0.6) is 11.5 Å². The molecule has 3 heteroatoms. The van der Waals surface area contributed by atoms with E-state index >= 15 is 0 Å². The minimum Gasteiger partial charge on any atom is -0.495 e. The van der Waals surface area contributed by atoms with E-state index in [1.54, 1.807) is 7.11 Å². The maximum atomic E-state index is 5.91. The molecule has 0 N–H and O–H groups in total. The molecule has 116 valence electrons. The third-order valence-corrected chi connectivity index (χ3v) is 4.19. The molecule has 0 spiro atoms. The summed E-state index contributed by atoms with van der Waals surface area (Å²) in [7, 11) is 1.68. The molecular weight excluding hydrogens is 352 g/mol. The third kappa shape index (κ3) is 3.74. The van der Waals surface area contributed by atoms with Crippen LogP contribution in [0.4, 0.5) is 0 Å². The Morgan fingerprint density at radius 1 is 0.870 bits per heavy atom. The maximum absolute atomic E-state index is 5.91. The zero-order chi connectivity index (χ0) is 16.1. The Bertz CT molecular complexity index is 785. The predicted octanol–water partition coefficient (Wildman–Crippen LogP) is 5.70. The Morgan fingerprint density at radius 3 is 2.43 bits per heavy atom. The number of hydrogen-bond donors (Lipinski definition) is 0. The third-order valence-electron chi connectivity index (χ3n) is 3.56. The zero-order valence-corrected chi connectivity index (χ0v) is 14.4. The molecule has 3 aromatic rings. The highest BCUT2D eigenvalue weighted by molar-refractivity contribution is 9.10. The standard InChI is InChI=1S/C20H17BrO2/c1-22-20-18(11-6-12-19(20)21)16-9-5-10-17(13-16)23-14-15-7-3-2-4-8-15/h2-13H,14H2,1H3. The van der Waals surface area contributed by atoms with Crippen molar-refractivity contribution in [2.75, 3.05) is 7.11 Å². The summed E-state index contributed by atoms with van der Waals surface area (Å²) in [5, 5.41) is 0. The van der Waals surface area contributed by atoms with Crippen molar-refractivity contribution in [2.24, 2.45) is 0 Å². The van der Waals surface area contributed by atoms with Crippen molar-refractivity contribution in [3.05, 3.63) is 82.8 Å². The van der Waals surface area contributed by atoms with E-state index in [0.717, 1.165) is 32.7 Å². The highest BCUT2D eigenvalue weighted by Gasteiger charge is 2.09. The van der Waals surface area contributed by atoms with Gasteiger partial charge in [0.25, 0.3) is 0 Å². The van der Waals surface area contributed by atoms with Gasteiger partial charge in [0.1, 0.15) is 18.1 Å². The molecule has 0 atom stereocenters. The van der Waals surface area contributed by atoms with Crippen LogP contribution in [0, 0.1) is 0 Å². The van der Waals surface area contributed by atoms with Crippen LogP contribution in [0.2, 0.25) is 0 Å². The second-order valence-electron chi connectivity index (χ2n) is 5.12. The molecule has 0 saturated heterocycles. The van der Waals surface area contributed by atoms with E-state index in [1.807, 2.05) is 54.6 Å². The lowest BCUT2D eigenvalue weighted by molar-refractivity contribution is 0.306. The van der Waals surface area contributed by atoms with Crippen LogP contribution in [-0.2, 0) is 6.61 Å². The molecule has 0 aromatic heterocycles. The van der Waals surface area contributed by atoms with E-state index in [-0.39, 0.29) is 0 Å². The molecule has 0 aliphatic heterocycles. The minimum atomic E-state index is 0.555. The van der Waals surface area contributed by atoms with E-state index in [4.69, 9.17) is 9.47 Å². The predicted molar refractivity (Wildman–Crippen MR) is 96.9 cm³/mol. The first-order valence-corrected chi connectivity index (χ1v) is 8.17. The molecule has 0 heterocycles. The van der Waals surface area contributed by atoms with Crippen molar-refractivity contribution in [3.63, 3.8) is 0 Å². The Labute approximate surface area is 144 Å². The molecule has 2 nitrogen and oxygen atoms in total. The molecule has 3 rings (SSSR count). The van der Waals surface area contributed by atoms with Crippen molar-refractivity contribution in [1.82, 2.24) is 0 Å². The number of hydrogen-bond acceptors (Lipinski definition) is 2. The smallest absolute Gasteiger partial charge is 0.140 e. The van der Waals surface area contributed by atoms with Crippen LogP contribution < -0.4 is 9.47 Å². The van der Waals surface area contributed by atoms with Gasteiger partial charge in [0.2, 0.25) is 0 Å². The van der Waals surface area contributed by atoms with Gasteiger partial charge in [0, 0.05) is 5.56 Å².